The maximum atomic E-state index is 14.4. The van der Waals surface area contributed by atoms with E-state index in [0.717, 1.165) is 36.1 Å². The first-order valence-electron chi connectivity index (χ1n) is 15.5. The van der Waals surface area contributed by atoms with E-state index in [1.54, 1.807) is 24.3 Å². The van der Waals surface area contributed by atoms with E-state index < -0.39 is 27.3 Å². The van der Waals surface area contributed by atoms with Gasteiger partial charge in [0.2, 0.25) is 0 Å². The quantitative estimate of drug-likeness (QED) is 0.149. The predicted molar refractivity (Wildman–Crippen MR) is 174 cm³/mol. The topological polar surface area (TPSA) is 65.1 Å². The van der Waals surface area contributed by atoms with Crippen LogP contribution in [-0.4, -0.2) is 56.5 Å². The van der Waals surface area contributed by atoms with Gasteiger partial charge in [-0.05, 0) is 41.8 Å². The van der Waals surface area contributed by atoms with Gasteiger partial charge >= 0.3 is 0 Å². The van der Waals surface area contributed by atoms with Crippen molar-refractivity contribution in [1.29, 1.82) is 0 Å². The van der Waals surface area contributed by atoms with Crippen molar-refractivity contribution in [1.82, 2.24) is 4.90 Å². The summed E-state index contributed by atoms with van der Waals surface area (Å²) in [4.78, 5) is 2.56. The fourth-order valence-corrected chi connectivity index (χ4v) is 7.66. The van der Waals surface area contributed by atoms with Gasteiger partial charge in [-0.15, -0.1) is 0 Å². The van der Waals surface area contributed by atoms with Crippen molar-refractivity contribution < 1.29 is 22.6 Å². The van der Waals surface area contributed by atoms with Gasteiger partial charge in [-0.2, -0.15) is 0 Å². The Hall–Kier alpha value is -3.33. The SMILES string of the molecule is CCCCN1C[C@@H](S(=O)(=O)c2ccccc2)[C@H](OCc2ccccc2)[C@H](OCc2ccccc2)[C@@H]1COCc1ccccc1. The van der Waals surface area contributed by atoms with Crippen LogP contribution in [0.5, 0.6) is 0 Å². The zero-order valence-electron chi connectivity index (χ0n) is 25.4. The van der Waals surface area contributed by atoms with Gasteiger partial charge in [-0.25, -0.2) is 8.42 Å². The first-order chi connectivity index (χ1) is 21.6. The molecule has 0 aliphatic carbocycles. The summed E-state index contributed by atoms with van der Waals surface area (Å²) in [5.41, 5.74) is 3.09. The normalized spacial score (nSPS) is 20.8. The van der Waals surface area contributed by atoms with Gasteiger partial charge in [0.05, 0.1) is 37.4 Å². The standard InChI is InChI=1S/C37H43NO5S/c1-2-3-24-38-25-35(44(39,40)33-22-14-7-15-23-33)37(43-28-32-20-12-6-13-21-32)36(42-27-31-18-10-5-11-19-31)34(38)29-41-26-30-16-8-4-9-17-30/h4-23,34-37H,2-3,24-29H2,1H3/t34-,35+,36+,37-/m0/s1. The third kappa shape index (κ3) is 8.43. The monoisotopic (exact) mass is 613 g/mol. The van der Waals surface area contributed by atoms with E-state index in [4.69, 9.17) is 14.2 Å². The van der Waals surface area contributed by atoms with Crippen molar-refractivity contribution in [3.05, 3.63) is 138 Å². The van der Waals surface area contributed by atoms with Crippen LogP contribution in [0.15, 0.2) is 126 Å². The third-order valence-corrected chi connectivity index (χ3v) is 10.3. The van der Waals surface area contributed by atoms with Crippen LogP contribution in [0.25, 0.3) is 0 Å². The number of piperidine rings is 1. The Labute approximate surface area is 262 Å². The summed E-state index contributed by atoms with van der Waals surface area (Å²) in [6.07, 6.45) is 0.665. The van der Waals surface area contributed by atoms with E-state index in [0.29, 0.717) is 31.3 Å². The molecule has 5 rings (SSSR count). The molecule has 44 heavy (non-hydrogen) atoms. The maximum absolute atomic E-state index is 14.4. The summed E-state index contributed by atoms with van der Waals surface area (Å²) in [6.45, 7) is 4.70. The summed E-state index contributed by atoms with van der Waals surface area (Å²) in [6, 6.07) is 38.5. The number of sulfone groups is 1. The molecule has 1 aliphatic heterocycles. The number of nitrogens with zero attached hydrogens (tertiary/aromatic N) is 1. The molecule has 0 amide bonds. The molecule has 1 saturated heterocycles. The Morgan fingerprint density at radius 2 is 1.14 bits per heavy atom. The predicted octanol–water partition coefficient (Wildman–Crippen LogP) is 6.70. The molecule has 1 aliphatic rings. The van der Waals surface area contributed by atoms with Crippen molar-refractivity contribution >= 4 is 9.84 Å². The minimum Gasteiger partial charge on any atom is -0.375 e. The molecule has 4 aromatic carbocycles. The average Bonchev–Trinajstić information content (AvgIpc) is 3.07. The number of rotatable bonds is 15. The van der Waals surface area contributed by atoms with Crippen molar-refractivity contribution in [3.8, 4) is 0 Å². The largest absolute Gasteiger partial charge is 0.375 e. The second-order valence-corrected chi connectivity index (χ2v) is 13.5. The van der Waals surface area contributed by atoms with Crippen LogP contribution in [0.1, 0.15) is 36.5 Å². The first kappa shape index (κ1) is 32.1. The van der Waals surface area contributed by atoms with E-state index in [-0.39, 0.29) is 12.6 Å². The molecule has 0 aromatic heterocycles. The molecule has 4 atom stereocenters. The molecular weight excluding hydrogens is 570 g/mol. The number of hydrogen-bond acceptors (Lipinski definition) is 6. The second kappa shape index (κ2) is 16.1. The molecule has 0 spiro atoms. The second-order valence-electron chi connectivity index (χ2n) is 11.3. The number of likely N-dealkylation sites (tertiary alicyclic amines) is 1. The van der Waals surface area contributed by atoms with Crippen LogP contribution in [-0.2, 0) is 43.9 Å². The van der Waals surface area contributed by atoms with Gasteiger partial charge in [0.15, 0.2) is 9.84 Å². The highest BCUT2D eigenvalue weighted by molar-refractivity contribution is 7.92. The summed E-state index contributed by atoms with van der Waals surface area (Å²) in [5.74, 6) is 0. The molecule has 0 unspecified atom stereocenters. The highest BCUT2D eigenvalue weighted by Gasteiger charge is 2.50. The lowest BCUT2D eigenvalue weighted by atomic mass is 9.94. The summed E-state index contributed by atoms with van der Waals surface area (Å²) in [5, 5.41) is -0.823. The zero-order chi connectivity index (χ0) is 30.6. The molecule has 0 bridgehead atoms. The number of benzene rings is 4. The lowest BCUT2D eigenvalue weighted by molar-refractivity contribution is -0.155. The molecule has 1 fully saturated rings. The highest BCUT2D eigenvalue weighted by Crippen LogP contribution is 2.33. The van der Waals surface area contributed by atoms with Crippen molar-refractivity contribution in [3.63, 3.8) is 0 Å². The molecule has 232 valence electrons. The number of unbranched alkanes of at least 4 members (excludes halogenated alkanes) is 1. The van der Waals surface area contributed by atoms with Gasteiger partial charge in [-0.3, -0.25) is 4.90 Å². The minimum absolute atomic E-state index is 0.197. The Morgan fingerprint density at radius 1 is 0.659 bits per heavy atom. The molecular formula is C37H43NO5S. The van der Waals surface area contributed by atoms with Crippen molar-refractivity contribution in [2.45, 2.75) is 68.0 Å². The van der Waals surface area contributed by atoms with Crippen LogP contribution >= 0.6 is 0 Å². The smallest absolute Gasteiger partial charge is 0.185 e. The van der Waals surface area contributed by atoms with Gasteiger partial charge in [0.25, 0.3) is 0 Å². The van der Waals surface area contributed by atoms with Gasteiger partial charge < -0.3 is 14.2 Å². The first-order valence-corrected chi connectivity index (χ1v) is 17.1. The van der Waals surface area contributed by atoms with E-state index in [1.807, 2.05) is 97.1 Å². The minimum atomic E-state index is -3.76. The van der Waals surface area contributed by atoms with Gasteiger partial charge in [0.1, 0.15) is 17.5 Å². The van der Waals surface area contributed by atoms with Crippen LogP contribution in [0, 0.1) is 0 Å². The lowest BCUT2D eigenvalue weighted by Crippen LogP contribution is -2.65. The Bertz CT molecular complexity index is 1490. The summed E-state index contributed by atoms with van der Waals surface area (Å²) >= 11 is 0. The average molecular weight is 614 g/mol. The Balaban J connectivity index is 1.51. The maximum Gasteiger partial charge on any atom is 0.185 e. The Kier molecular flexibility index (Phi) is 11.7. The van der Waals surface area contributed by atoms with Gasteiger partial charge in [-0.1, -0.05) is 123 Å². The molecule has 4 aromatic rings. The van der Waals surface area contributed by atoms with Crippen LogP contribution in [0.4, 0.5) is 0 Å². The van der Waals surface area contributed by atoms with Gasteiger partial charge in [0, 0.05) is 6.54 Å². The van der Waals surface area contributed by atoms with Crippen molar-refractivity contribution in [2.24, 2.45) is 0 Å². The fraction of sp³-hybridized carbons (Fsp3) is 0.351. The van der Waals surface area contributed by atoms with E-state index in [9.17, 15) is 8.42 Å². The molecule has 7 heteroatoms. The molecule has 0 N–H and O–H groups in total. The Morgan fingerprint density at radius 3 is 1.66 bits per heavy atom. The van der Waals surface area contributed by atoms with Crippen molar-refractivity contribution in [2.75, 3.05) is 19.7 Å². The summed E-state index contributed by atoms with van der Waals surface area (Å²) in [7, 11) is -3.76. The van der Waals surface area contributed by atoms with E-state index in [2.05, 4.69) is 11.8 Å². The molecule has 6 nitrogen and oxygen atoms in total. The number of ether oxygens (including phenoxy) is 3. The molecule has 0 radical (unpaired) electrons. The third-order valence-electron chi connectivity index (χ3n) is 8.19. The van der Waals surface area contributed by atoms with Crippen LogP contribution < -0.4 is 0 Å². The van der Waals surface area contributed by atoms with Crippen LogP contribution in [0.2, 0.25) is 0 Å². The lowest BCUT2D eigenvalue weighted by Gasteiger charge is -2.48. The van der Waals surface area contributed by atoms with E-state index in [1.165, 1.54) is 0 Å². The molecule has 1 heterocycles. The highest BCUT2D eigenvalue weighted by atomic mass is 32.2. The summed E-state index contributed by atoms with van der Waals surface area (Å²) < 4.78 is 48.5. The van der Waals surface area contributed by atoms with Crippen LogP contribution in [0.3, 0.4) is 0 Å². The number of hydrogen-bond donors (Lipinski definition) is 0. The van der Waals surface area contributed by atoms with E-state index >= 15 is 0 Å². The zero-order valence-corrected chi connectivity index (χ0v) is 26.2. The molecule has 0 saturated carbocycles. The fourth-order valence-electron chi connectivity index (χ4n) is 5.80.